The van der Waals surface area contributed by atoms with Crippen LogP contribution in [0.1, 0.15) is 28.8 Å². The second kappa shape index (κ2) is 11.1. The van der Waals surface area contributed by atoms with Gasteiger partial charge in [0.25, 0.3) is 11.8 Å². The van der Waals surface area contributed by atoms with Crippen LogP contribution in [-0.2, 0) is 25.3 Å². The summed E-state index contributed by atoms with van der Waals surface area (Å²) in [6.07, 6.45) is -5.30. The van der Waals surface area contributed by atoms with Crippen LogP contribution < -0.4 is 16.2 Å². The van der Waals surface area contributed by atoms with Crippen molar-refractivity contribution >= 4 is 41.0 Å². The predicted octanol–water partition coefficient (Wildman–Crippen LogP) is 3.08. The number of carbonyl (C=O) groups excluding carboxylic acids is 4. The molecular formula is C20H17ClF3N3O5. The average Bonchev–Trinajstić information content (AvgIpc) is 2.74. The Bertz CT molecular complexity index is 997. The standard InChI is InChI=1S/C20H17ClF3N3O5/c21-14-6-4-12(5-7-14)19(31)27-26-16(28)8-9-18(30)32-11-17(29)25-15-3-1-2-13(10-15)20(22,23)24/h1-7,10H,8-9,11H2,(H,25,29)(H,26,28)(H,27,31). The molecule has 0 saturated carbocycles. The number of rotatable bonds is 7. The van der Waals surface area contributed by atoms with E-state index in [1.165, 1.54) is 30.3 Å². The number of alkyl halides is 3. The molecule has 0 bridgehead atoms. The van der Waals surface area contributed by atoms with Crippen molar-refractivity contribution in [1.29, 1.82) is 0 Å². The Morgan fingerprint density at radius 3 is 2.25 bits per heavy atom. The molecule has 0 saturated heterocycles. The number of benzene rings is 2. The molecule has 2 aromatic carbocycles. The van der Waals surface area contributed by atoms with Gasteiger partial charge in [-0.1, -0.05) is 17.7 Å². The summed E-state index contributed by atoms with van der Waals surface area (Å²) in [6, 6.07) is 9.85. The van der Waals surface area contributed by atoms with Gasteiger partial charge in [-0.2, -0.15) is 13.2 Å². The number of amides is 3. The smallest absolute Gasteiger partial charge is 0.416 e. The number of esters is 1. The van der Waals surface area contributed by atoms with Crippen molar-refractivity contribution < 1.29 is 37.1 Å². The highest BCUT2D eigenvalue weighted by molar-refractivity contribution is 6.30. The Morgan fingerprint density at radius 1 is 0.906 bits per heavy atom. The Morgan fingerprint density at radius 2 is 1.59 bits per heavy atom. The van der Waals surface area contributed by atoms with Gasteiger partial charge in [0.1, 0.15) is 0 Å². The Hall–Kier alpha value is -3.60. The SMILES string of the molecule is O=C(CCC(=O)OCC(=O)Nc1cccc(C(F)(F)F)c1)NNC(=O)c1ccc(Cl)cc1. The number of carbonyl (C=O) groups is 4. The summed E-state index contributed by atoms with van der Waals surface area (Å²) in [5.74, 6) is -3.01. The van der Waals surface area contributed by atoms with Crippen molar-refractivity contribution in [3.8, 4) is 0 Å². The normalized spacial score (nSPS) is 10.8. The number of anilines is 1. The van der Waals surface area contributed by atoms with Gasteiger partial charge in [0, 0.05) is 22.7 Å². The molecule has 2 rings (SSSR count). The molecule has 0 radical (unpaired) electrons. The number of hydrogen-bond acceptors (Lipinski definition) is 5. The molecule has 0 aliphatic rings. The minimum atomic E-state index is -4.57. The minimum absolute atomic E-state index is 0.114. The van der Waals surface area contributed by atoms with Crippen LogP contribution in [0.3, 0.4) is 0 Å². The molecule has 8 nitrogen and oxygen atoms in total. The first-order valence-corrected chi connectivity index (χ1v) is 9.40. The molecule has 3 N–H and O–H groups in total. The first-order chi connectivity index (χ1) is 15.0. The highest BCUT2D eigenvalue weighted by Gasteiger charge is 2.30. The van der Waals surface area contributed by atoms with E-state index < -0.39 is 42.0 Å². The molecule has 0 fully saturated rings. The fourth-order valence-corrected chi connectivity index (χ4v) is 2.39. The fourth-order valence-electron chi connectivity index (χ4n) is 2.27. The molecule has 0 aliphatic heterocycles. The molecule has 0 heterocycles. The zero-order valence-corrected chi connectivity index (χ0v) is 17.0. The highest BCUT2D eigenvalue weighted by Crippen LogP contribution is 2.30. The maximum atomic E-state index is 12.7. The van der Waals surface area contributed by atoms with Crippen LogP contribution in [-0.4, -0.2) is 30.3 Å². The fraction of sp³-hybridized carbons (Fsp3) is 0.200. The molecule has 0 unspecified atom stereocenters. The van der Waals surface area contributed by atoms with E-state index in [0.29, 0.717) is 5.02 Å². The van der Waals surface area contributed by atoms with Crippen LogP contribution in [0.2, 0.25) is 5.02 Å². The van der Waals surface area contributed by atoms with Gasteiger partial charge >= 0.3 is 12.1 Å². The Balaban J connectivity index is 1.68. The summed E-state index contributed by atoms with van der Waals surface area (Å²) < 4.78 is 42.7. The first kappa shape index (κ1) is 24.7. The topological polar surface area (TPSA) is 114 Å². The lowest BCUT2D eigenvalue weighted by atomic mass is 10.2. The lowest BCUT2D eigenvalue weighted by Gasteiger charge is -2.10. The number of hydrogen-bond donors (Lipinski definition) is 3. The molecule has 32 heavy (non-hydrogen) atoms. The van der Waals surface area contributed by atoms with Gasteiger partial charge in [-0.05, 0) is 42.5 Å². The number of hydrazine groups is 1. The zero-order valence-electron chi connectivity index (χ0n) is 16.3. The van der Waals surface area contributed by atoms with Crippen molar-refractivity contribution in [1.82, 2.24) is 10.9 Å². The number of halogens is 4. The maximum absolute atomic E-state index is 12.7. The van der Waals surface area contributed by atoms with Crippen molar-refractivity contribution in [2.24, 2.45) is 0 Å². The number of nitrogens with one attached hydrogen (secondary N) is 3. The van der Waals surface area contributed by atoms with Gasteiger partial charge in [-0.15, -0.1) is 0 Å². The molecule has 170 valence electrons. The van der Waals surface area contributed by atoms with E-state index >= 15 is 0 Å². The van der Waals surface area contributed by atoms with E-state index in [1.54, 1.807) is 0 Å². The van der Waals surface area contributed by atoms with E-state index in [0.717, 1.165) is 18.2 Å². The molecule has 0 aromatic heterocycles. The Labute approximate surface area is 185 Å². The number of ether oxygens (including phenoxy) is 1. The van der Waals surface area contributed by atoms with Crippen LogP contribution >= 0.6 is 11.6 Å². The average molecular weight is 472 g/mol. The lowest BCUT2D eigenvalue weighted by molar-refractivity contribution is -0.148. The third-order valence-electron chi connectivity index (χ3n) is 3.82. The molecule has 0 atom stereocenters. The van der Waals surface area contributed by atoms with Crippen LogP contribution in [0.5, 0.6) is 0 Å². The monoisotopic (exact) mass is 471 g/mol. The minimum Gasteiger partial charge on any atom is -0.456 e. The van der Waals surface area contributed by atoms with Gasteiger partial charge in [-0.3, -0.25) is 30.0 Å². The third kappa shape index (κ3) is 8.26. The van der Waals surface area contributed by atoms with Crippen LogP contribution in [0.15, 0.2) is 48.5 Å². The van der Waals surface area contributed by atoms with E-state index in [1.807, 2.05) is 0 Å². The van der Waals surface area contributed by atoms with Crippen LogP contribution in [0, 0.1) is 0 Å². The predicted molar refractivity (Wildman–Crippen MR) is 107 cm³/mol. The summed E-state index contributed by atoms with van der Waals surface area (Å²) in [7, 11) is 0. The molecular weight excluding hydrogens is 455 g/mol. The quantitative estimate of drug-likeness (QED) is 0.424. The molecule has 3 amide bonds. The van der Waals surface area contributed by atoms with E-state index in [2.05, 4.69) is 20.9 Å². The summed E-state index contributed by atoms with van der Waals surface area (Å²) in [6.45, 7) is -0.746. The van der Waals surface area contributed by atoms with Crippen molar-refractivity contribution in [3.63, 3.8) is 0 Å². The lowest BCUT2D eigenvalue weighted by Crippen LogP contribution is -2.41. The van der Waals surface area contributed by atoms with Crippen LogP contribution in [0.25, 0.3) is 0 Å². The summed E-state index contributed by atoms with van der Waals surface area (Å²) in [5, 5.41) is 2.61. The highest BCUT2D eigenvalue weighted by atomic mass is 35.5. The largest absolute Gasteiger partial charge is 0.456 e. The van der Waals surface area contributed by atoms with Gasteiger partial charge in [0.05, 0.1) is 12.0 Å². The van der Waals surface area contributed by atoms with Crippen molar-refractivity contribution in [2.45, 2.75) is 19.0 Å². The first-order valence-electron chi connectivity index (χ1n) is 9.02. The molecule has 12 heteroatoms. The summed E-state index contributed by atoms with van der Waals surface area (Å²) in [4.78, 5) is 46.9. The molecule has 2 aromatic rings. The third-order valence-corrected chi connectivity index (χ3v) is 4.07. The van der Waals surface area contributed by atoms with Crippen molar-refractivity contribution in [3.05, 3.63) is 64.7 Å². The van der Waals surface area contributed by atoms with Gasteiger partial charge in [-0.25, -0.2) is 0 Å². The zero-order chi connectivity index (χ0) is 23.7. The van der Waals surface area contributed by atoms with Crippen LogP contribution in [0.4, 0.5) is 18.9 Å². The second-order valence-corrected chi connectivity index (χ2v) is 6.73. The second-order valence-electron chi connectivity index (χ2n) is 6.30. The van der Waals surface area contributed by atoms with E-state index in [-0.39, 0.29) is 24.1 Å². The van der Waals surface area contributed by atoms with Gasteiger partial charge in [0.15, 0.2) is 6.61 Å². The van der Waals surface area contributed by atoms with Gasteiger partial charge in [0.2, 0.25) is 5.91 Å². The van der Waals surface area contributed by atoms with Gasteiger partial charge < -0.3 is 10.1 Å². The maximum Gasteiger partial charge on any atom is 0.416 e. The molecule has 0 aliphatic carbocycles. The van der Waals surface area contributed by atoms with E-state index in [4.69, 9.17) is 11.6 Å². The Kier molecular flexibility index (Phi) is 8.59. The summed E-state index contributed by atoms with van der Waals surface area (Å²) in [5.41, 5.74) is 3.47. The summed E-state index contributed by atoms with van der Waals surface area (Å²) >= 11 is 5.71. The van der Waals surface area contributed by atoms with E-state index in [9.17, 15) is 32.3 Å². The molecule has 0 spiro atoms. The van der Waals surface area contributed by atoms with Crippen molar-refractivity contribution in [2.75, 3.05) is 11.9 Å².